The van der Waals surface area contributed by atoms with Crippen molar-refractivity contribution in [2.24, 2.45) is 5.92 Å². The molecule has 6 heteroatoms. The topological polar surface area (TPSA) is 57.6 Å². The van der Waals surface area contributed by atoms with Gasteiger partial charge in [-0.15, -0.1) is 11.3 Å². The van der Waals surface area contributed by atoms with E-state index in [4.69, 9.17) is 0 Å². The van der Waals surface area contributed by atoms with Crippen LogP contribution in [-0.4, -0.2) is 35.0 Å². The van der Waals surface area contributed by atoms with Gasteiger partial charge < -0.3 is 10.0 Å². The first-order valence-electron chi connectivity index (χ1n) is 6.88. The van der Waals surface area contributed by atoms with E-state index in [-0.39, 0.29) is 18.4 Å². The van der Waals surface area contributed by atoms with Gasteiger partial charge in [0.15, 0.2) is 0 Å². The van der Waals surface area contributed by atoms with Gasteiger partial charge in [-0.3, -0.25) is 9.59 Å². The number of amides is 1. The minimum Gasteiger partial charge on any atom is -0.481 e. The average Bonchev–Trinajstić information content (AvgIpc) is 3.14. The van der Waals surface area contributed by atoms with E-state index in [0.29, 0.717) is 11.4 Å². The number of hydrogen-bond acceptors (Lipinski definition) is 3. The predicted octanol–water partition coefficient (Wildman–Crippen LogP) is 3.45. The highest BCUT2D eigenvalue weighted by atomic mass is 79.9. The fraction of sp³-hybridized carbons (Fsp3) is 0.250. The highest BCUT2D eigenvalue weighted by Gasteiger charge is 2.40. The van der Waals surface area contributed by atoms with Crippen LogP contribution in [0.1, 0.15) is 21.2 Å². The molecule has 1 aliphatic heterocycles. The lowest BCUT2D eigenvalue weighted by Crippen LogP contribution is -2.29. The van der Waals surface area contributed by atoms with Crippen molar-refractivity contribution in [2.75, 3.05) is 13.1 Å². The lowest BCUT2D eigenvalue weighted by atomic mass is 9.89. The molecule has 22 heavy (non-hydrogen) atoms. The molecule has 2 aromatic rings. The summed E-state index contributed by atoms with van der Waals surface area (Å²) in [5.74, 6) is -1.67. The quantitative estimate of drug-likeness (QED) is 0.888. The van der Waals surface area contributed by atoms with E-state index in [9.17, 15) is 14.7 Å². The number of carbonyl (C=O) groups excluding carboxylic acids is 1. The van der Waals surface area contributed by atoms with Gasteiger partial charge in [0, 0.05) is 19.0 Å². The predicted molar refractivity (Wildman–Crippen MR) is 88.2 cm³/mol. The van der Waals surface area contributed by atoms with Crippen LogP contribution in [0.2, 0.25) is 0 Å². The molecule has 1 aliphatic rings. The number of benzene rings is 1. The van der Waals surface area contributed by atoms with Gasteiger partial charge >= 0.3 is 5.97 Å². The van der Waals surface area contributed by atoms with Gasteiger partial charge in [0.1, 0.15) is 0 Å². The van der Waals surface area contributed by atoms with Crippen LogP contribution in [0.25, 0.3) is 0 Å². The molecule has 0 spiro atoms. The fourth-order valence-corrected chi connectivity index (χ4v) is 4.20. The molecule has 1 amide bonds. The van der Waals surface area contributed by atoms with E-state index in [0.717, 1.165) is 9.35 Å². The first-order valence-corrected chi connectivity index (χ1v) is 8.49. The Hall–Kier alpha value is -1.66. The van der Waals surface area contributed by atoms with E-state index in [1.54, 1.807) is 11.0 Å². The SMILES string of the molecule is O=C(O)C1CN(C(=O)c2ccc(Br)s2)CC1c1ccccc1. The Labute approximate surface area is 140 Å². The zero-order chi connectivity index (χ0) is 15.7. The van der Waals surface area contributed by atoms with Crippen LogP contribution in [0.4, 0.5) is 0 Å². The lowest BCUT2D eigenvalue weighted by molar-refractivity contribution is -0.141. The summed E-state index contributed by atoms with van der Waals surface area (Å²) in [5.41, 5.74) is 0.970. The Bertz CT molecular complexity index is 700. The number of hydrogen-bond donors (Lipinski definition) is 1. The number of carboxylic acids is 1. The number of rotatable bonds is 3. The van der Waals surface area contributed by atoms with Crippen molar-refractivity contribution in [3.8, 4) is 0 Å². The molecule has 2 unspecified atom stereocenters. The first kappa shape index (κ1) is 15.2. The third-order valence-corrected chi connectivity index (χ3v) is 5.55. The molecule has 1 aromatic carbocycles. The number of carbonyl (C=O) groups is 2. The summed E-state index contributed by atoms with van der Waals surface area (Å²) in [5, 5.41) is 9.48. The van der Waals surface area contributed by atoms with Crippen LogP contribution < -0.4 is 0 Å². The Kier molecular flexibility index (Phi) is 4.31. The monoisotopic (exact) mass is 379 g/mol. The van der Waals surface area contributed by atoms with Crippen LogP contribution >= 0.6 is 27.3 Å². The highest BCUT2D eigenvalue weighted by Crippen LogP contribution is 2.34. The Morgan fingerprint density at radius 2 is 1.86 bits per heavy atom. The van der Waals surface area contributed by atoms with E-state index >= 15 is 0 Å². The smallest absolute Gasteiger partial charge is 0.308 e. The lowest BCUT2D eigenvalue weighted by Gasteiger charge is -2.15. The van der Waals surface area contributed by atoms with Gasteiger partial charge in [0.05, 0.1) is 14.6 Å². The third kappa shape index (κ3) is 2.94. The molecule has 1 N–H and O–H groups in total. The van der Waals surface area contributed by atoms with E-state index in [2.05, 4.69) is 15.9 Å². The molecule has 4 nitrogen and oxygen atoms in total. The summed E-state index contributed by atoms with van der Waals surface area (Å²) < 4.78 is 0.893. The van der Waals surface area contributed by atoms with Crippen molar-refractivity contribution in [3.05, 3.63) is 56.7 Å². The molecule has 3 rings (SSSR count). The molecule has 0 radical (unpaired) electrons. The second kappa shape index (κ2) is 6.22. The summed E-state index contributed by atoms with van der Waals surface area (Å²) in [6.45, 7) is 0.693. The van der Waals surface area contributed by atoms with Gasteiger partial charge in [0.2, 0.25) is 0 Å². The van der Waals surface area contributed by atoms with Gasteiger partial charge in [0.25, 0.3) is 5.91 Å². The van der Waals surface area contributed by atoms with Crippen LogP contribution in [0.3, 0.4) is 0 Å². The first-order chi connectivity index (χ1) is 10.6. The van der Waals surface area contributed by atoms with Gasteiger partial charge in [-0.2, -0.15) is 0 Å². The Balaban J connectivity index is 1.84. The minimum absolute atomic E-state index is 0.0969. The molecular formula is C16H14BrNO3S. The van der Waals surface area contributed by atoms with E-state index in [1.165, 1.54) is 11.3 Å². The van der Waals surface area contributed by atoms with E-state index in [1.807, 2.05) is 36.4 Å². The number of carboxylic acid groups (broad SMARTS) is 1. The number of thiophene rings is 1. The molecular weight excluding hydrogens is 366 g/mol. The summed E-state index contributed by atoms with van der Waals surface area (Å²) in [4.78, 5) is 26.4. The summed E-state index contributed by atoms with van der Waals surface area (Å²) in [7, 11) is 0. The third-order valence-electron chi connectivity index (χ3n) is 3.94. The van der Waals surface area contributed by atoms with Gasteiger partial charge in [-0.25, -0.2) is 0 Å². The second-order valence-corrected chi connectivity index (χ2v) is 7.74. The standard InChI is InChI=1S/C16H14BrNO3S/c17-14-7-6-13(22-14)15(19)18-8-11(12(9-18)16(20)21)10-4-2-1-3-5-10/h1-7,11-12H,8-9H2,(H,20,21). The van der Waals surface area contributed by atoms with Crippen molar-refractivity contribution in [2.45, 2.75) is 5.92 Å². The van der Waals surface area contributed by atoms with Crippen LogP contribution in [-0.2, 0) is 4.79 Å². The zero-order valence-electron chi connectivity index (χ0n) is 11.6. The summed E-state index contributed by atoms with van der Waals surface area (Å²) in [6, 6.07) is 13.1. The van der Waals surface area contributed by atoms with Gasteiger partial charge in [-0.1, -0.05) is 30.3 Å². The van der Waals surface area contributed by atoms with Gasteiger partial charge in [-0.05, 0) is 33.6 Å². The Morgan fingerprint density at radius 1 is 1.14 bits per heavy atom. The molecule has 2 heterocycles. The number of likely N-dealkylation sites (tertiary alicyclic amines) is 1. The second-order valence-electron chi connectivity index (χ2n) is 5.28. The van der Waals surface area contributed by atoms with Crippen molar-refractivity contribution in [1.82, 2.24) is 4.90 Å². The number of aliphatic carboxylic acids is 1. The highest BCUT2D eigenvalue weighted by molar-refractivity contribution is 9.11. The molecule has 114 valence electrons. The van der Waals surface area contributed by atoms with Crippen LogP contribution in [0, 0.1) is 5.92 Å². The molecule has 0 bridgehead atoms. The zero-order valence-corrected chi connectivity index (χ0v) is 14.0. The van der Waals surface area contributed by atoms with Crippen molar-refractivity contribution >= 4 is 39.1 Å². The summed E-state index contributed by atoms with van der Waals surface area (Å²) >= 11 is 4.71. The molecule has 2 atom stereocenters. The average molecular weight is 380 g/mol. The maximum atomic E-state index is 12.5. The maximum absolute atomic E-state index is 12.5. The normalized spacial score (nSPS) is 21.0. The molecule has 1 aromatic heterocycles. The van der Waals surface area contributed by atoms with E-state index < -0.39 is 11.9 Å². The fourth-order valence-electron chi connectivity index (χ4n) is 2.84. The molecule has 0 aliphatic carbocycles. The van der Waals surface area contributed by atoms with Crippen LogP contribution in [0.15, 0.2) is 46.3 Å². The number of halogens is 1. The molecule has 1 saturated heterocycles. The molecule has 1 fully saturated rings. The Morgan fingerprint density at radius 3 is 2.45 bits per heavy atom. The maximum Gasteiger partial charge on any atom is 0.308 e. The van der Waals surface area contributed by atoms with Crippen molar-refractivity contribution in [1.29, 1.82) is 0 Å². The largest absolute Gasteiger partial charge is 0.481 e. The van der Waals surface area contributed by atoms with Crippen molar-refractivity contribution < 1.29 is 14.7 Å². The molecule has 0 saturated carbocycles. The van der Waals surface area contributed by atoms with Crippen molar-refractivity contribution in [3.63, 3.8) is 0 Å². The minimum atomic E-state index is -0.850. The summed E-state index contributed by atoms with van der Waals surface area (Å²) in [6.07, 6.45) is 0. The van der Waals surface area contributed by atoms with Crippen LogP contribution in [0.5, 0.6) is 0 Å². The number of nitrogens with zero attached hydrogens (tertiary/aromatic N) is 1.